The van der Waals surface area contributed by atoms with E-state index in [1.54, 1.807) is 0 Å². The molecule has 0 saturated carbocycles. The maximum absolute atomic E-state index is 11.9. The number of nitrogens with zero attached hydrogens (tertiary/aromatic N) is 1. The van der Waals surface area contributed by atoms with E-state index in [0.717, 1.165) is 29.5 Å². The highest BCUT2D eigenvalue weighted by molar-refractivity contribution is 8.23. The average molecular weight is 308 g/mol. The number of amides is 1. The van der Waals surface area contributed by atoms with E-state index in [2.05, 4.69) is 17.1 Å². The van der Waals surface area contributed by atoms with Crippen LogP contribution in [0.5, 0.6) is 0 Å². The molecule has 0 unspecified atom stereocenters. The molecule has 1 amide bonds. The molecule has 0 aliphatic carbocycles. The van der Waals surface area contributed by atoms with Crippen molar-refractivity contribution in [3.63, 3.8) is 0 Å². The van der Waals surface area contributed by atoms with Gasteiger partial charge in [-0.25, -0.2) is 0 Å². The van der Waals surface area contributed by atoms with Gasteiger partial charge in [0.05, 0.1) is 5.75 Å². The fourth-order valence-electron chi connectivity index (χ4n) is 2.14. The van der Waals surface area contributed by atoms with Crippen molar-refractivity contribution in [1.29, 1.82) is 0 Å². The fraction of sp³-hybridized carbons (Fsp3) is 0.467. The van der Waals surface area contributed by atoms with Crippen LogP contribution in [-0.2, 0) is 11.2 Å². The largest absolute Gasteiger partial charge is 0.358 e. The van der Waals surface area contributed by atoms with Crippen molar-refractivity contribution in [3.8, 4) is 0 Å². The monoisotopic (exact) mass is 308 g/mol. The number of likely N-dealkylation sites (tertiary alicyclic amines) is 1. The van der Waals surface area contributed by atoms with Gasteiger partial charge >= 0.3 is 0 Å². The van der Waals surface area contributed by atoms with Crippen molar-refractivity contribution in [3.05, 3.63) is 29.8 Å². The minimum atomic E-state index is 0.000736. The van der Waals surface area contributed by atoms with Crippen LogP contribution in [0.2, 0.25) is 0 Å². The molecule has 1 saturated heterocycles. The highest BCUT2D eigenvalue weighted by atomic mass is 32.2. The number of hydrogen-bond acceptors (Lipinski definition) is 3. The second kappa shape index (κ2) is 7.64. The Bertz CT molecular complexity index is 467. The highest BCUT2D eigenvalue weighted by Gasteiger charge is 2.16. The summed E-state index contributed by atoms with van der Waals surface area (Å²) in [7, 11) is 0. The Balaban J connectivity index is 1.75. The molecular formula is C15H20N2OS2. The summed E-state index contributed by atoms with van der Waals surface area (Å²) < 4.78 is 0.846. The van der Waals surface area contributed by atoms with Gasteiger partial charge in [-0.2, -0.15) is 0 Å². The van der Waals surface area contributed by atoms with E-state index in [9.17, 15) is 4.79 Å². The molecule has 108 valence electrons. The van der Waals surface area contributed by atoms with E-state index in [1.807, 2.05) is 24.3 Å². The highest BCUT2D eigenvalue weighted by Crippen LogP contribution is 2.17. The molecule has 0 spiro atoms. The number of benzene rings is 1. The van der Waals surface area contributed by atoms with Gasteiger partial charge in [-0.15, -0.1) is 0 Å². The van der Waals surface area contributed by atoms with Crippen LogP contribution < -0.4 is 5.32 Å². The van der Waals surface area contributed by atoms with Gasteiger partial charge < -0.3 is 10.2 Å². The zero-order chi connectivity index (χ0) is 14.4. The first-order chi connectivity index (χ1) is 9.69. The molecule has 5 heteroatoms. The molecule has 1 fully saturated rings. The van der Waals surface area contributed by atoms with Crippen LogP contribution in [0.15, 0.2) is 24.3 Å². The number of aryl methyl sites for hydroxylation is 1. The van der Waals surface area contributed by atoms with Gasteiger partial charge in [-0.1, -0.05) is 43.0 Å². The second-order valence-electron chi connectivity index (χ2n) is 4.85. The lowest BCUT2D eigenvalue weighted by molar-refractivity contribution is -0.113. The van der Waals surface area contributed by atoms with Gasteiger partial charge in [0, 0.05) is 18.8 Å². The molecule has 1 aliphatic heterocycles. The predicted molar refractivity (Wildman–Crippen MR) is 90.3 cm³/mol. The molecule has 1 aromatic rings. The normalized spacial score (nSPS) is 14.3. The van der Waals surface area contributed by atoms with Crippen molar-refractivity contribution < 1.29 is 4.79 Å². The molecule has 0 aromatic heterocycles. The van der Waals surface area contributed by atoms with E-state index >= 15 is 0 Å². The third kappa shape index (κ3) is 4.49. The van der Waals surface area contributed by atoms with Crippen molar-refractivity contribution >= 4 is 39.9 Å². The second-order valence-corrected chi connectivity index (χ2v) is 6.46. The number of carbonyl (C=O) groups is 1. The third-order valence-electron chi connectivity index (χ3n) is 3.34. The van der Waals surface area contributed by atoms with Crippen LogP contribution in [0.1, 0.15) is 25.3 Å². The van der Waals surface area contributed by atoms with Crippen LogP contribution >= 0.6 is 24.0 Å². The minimum absolute atomic E-state index is 0.000736. The summed E-state index contributed by atoms with van der Waals surface area (Å²) in [6.07, 6.45) is 3.42. The Labute approximate surface area is 130 Å². The lowest BCUT2D eigenvalue weighted by Gasteiger charge is -2.17. The van der Waals surface area contributed by atoms with Crippen molar-refractivity contribution in [2.24, 2.45) is 0 Å². The first kappa shape index (κ1) is 15.3. The smallest absolute Gasteiger partial charge is 0.234 e. The molecule has 2 rings (SSSR count). The number of nitrogens with one attached hydrogen (secondary N) is 1. The van der Waals surface area contributed by atoms with Crippen molar-refractivity contribution in [2.45, 2.75) is 26.2 Å². The number of anilines is 1. The fourth-order valence-corrected chi connectivity index (χ4v) is 3.19. The van der Waals surface area contributed by atoms with E-state index in [-0.39, 0.29) is 5.91 Å². The number of carbonyl (C=O) groups excluding carboxylic acids is 1. The van der Waals surface area contributed by atoms with Gasteiger partial charge in [-0.3, -0.25) is 4.79 Å². The van der Waals surface area contributed by atoms with Crippen LogP contribution in [0.4, 0.5) is 5.69 Å². The summed E-state index contributed by atoms with van der Waals surface area (Å²) in [4.78, 5) is 14.1. The maximum atomic E-state index is 11.9. The number of thiocarbonyl (C=S) groups is 1. The van der Waals surface area contributed by atoms with Gasteiger partial charge in [-0.05, 0) is 37.0 Å². The molecular weight excluding hydrogens is 288 g/mol. The van der Waals surface area contributed by atoms with Crippen LogP contribution in [0, 0.1) is 0 Å². The van der Waals surface area contributed by atoms with Crippen LogP contribution in [-0.4, -0.2) is 34.0 Å². The molecule has 0 atom stereocenters. The molecule has 20 heavy (non-hydrogen) atoms. The Morgan fingerprint density at radius 3 is 2.55 bits per heavy atom. The zero-order valence-corrected chi connectivity index (χ0v) is 13.4. The summed E-state index contributed by atoms with van der Waals surface area (Å²) in [6, 6.07) is 7.97. The van der Waals surface area contributed by atoms with Gasteiger partial charge in [0.2, 0.25) is 5.91 Å². The molecule has 0 radical (unpaired) electrons. The Morgan fingerprint density at radius 2 is 1.95 bits per heavy atom. The summed E-state index contributed by atoms with van der Waals surface area (Å²) in [5, 5.41) is 2.90. The van der Waals surface area contributed by atoms with Gasteiger partial charge in [0.1, 0.15) is 4.32 Å². The number of rotatable bonds is 4. The van der Waals surface area contributed by atoms with Crippen molar-refractivity contribution in [2.75, 3.05) is 24.2 Å². The van der Waals surface area contributed by atoms with E-state index in [4.69, 9.17) is 12.2 Å². The predicted octanol–water partition coefficient (Wildman–Crippen LogP) is 3.30. The quantitative estimate of drug-likeness (QED) is 0.865. The molecule has 1 aliphatic rings. The van der Waals surface area contributed by atoms with Crippen LogP contribution in [0.25, 0.3) is 0 Å². The van der Waals surface area contributed by atoms with E-state index in [0.29, 0.717) is 5.75 Å². The Hall–Kier alpha value is -1.07. The SMILES string of the molecule is CCc1ccc(NC(=O)CSC(=S)N2CCCC2)cc1. The molecule has 1 aromatic carbocycles. The lowest BCUT2D eigenvalue weighted by atomic mass is 10.1. The summed E-state index contributed by atoms with van der Waals surface area (Å²) in [5.41, 5.74) is 2.12. The Kier molecular flexibility index (Phi) is 5.86. The van der Waals surface area contributed by atoms with E-state index in [1.165, 1.54) is 30.2 Å². The van der Waals surface area contributed by atoms with Crippen LogP contribution in [0.3, 0.4) is 0 Å². The molecule has 3 nitrogen and oxygen atoms in total. The zero-order valence-electron chi connectivity index (χ0n) is 11.7. The topological polar surface area (TPSA) is 32.3 Å². The summed E-state index contributed by atoms with van der Waals surface area (Å²) in [6.45, 7) is 4.18. The standard InChI is InChI=1S/C15H20N2OS2/c1-2-12-5-7-13(8-6-12)16-14(18)11-20-15(19)17-9-3-4-10-17/h5-8H,2-4,9-11H2,1H3,(H,16,18). The number of thioether (sulfide) groups is 1. The maximum Gasteiger partial charge on any atom is 0.234 e. The number of hydrogen-bond donors (Lipinski definition) is 1. The lowest BCUT2D eigenvalue weighted by Crippen LogP contribution is -2.25. The summed E-state index contributed by atoms with van der Waals surface area (Å²) in [5.74, 6) is 0.381. The van der Waals surface area contributed by atoms with Gasteiger partial charge in [0.15, 0.2) is 0 Å². The first-order valence-corrected chi connectivity index (χ1v) is 8.39. The average Bonchev–Trinajstić information content (AvgIpc) is 3.00. The van der Waals surface area contributed by atoms with Crippen molar-refractivity contribution in [1.82, 2.24) is 4.90 Å². The van der Waals surface area contributed by atoms with E-state index < -0.39 is 0 Å². The molecule has 0 bridgehead atoms. The van der Waals surface area contributed by atoms with Gasteiger partial charge in [0.25, 0.3) is 0 Å². The first-order valence-electron chi connectivity index (χ1n) is 6.99. The Morgan fingerprint density at radius 1 is 1.30 bits per heavy atom. The molecule has 1 heterocycles. The summed E-state index contributed by atoms with van der Waals surface area (Å²) >= 11 is 6.79. The molecule has 1 N–H and O–H groups in total. The minimum Gasteiger partial charge on any atom is -0.358 e. The third-order valence-corrected chi connectivity index (χ3v) is 4.86.